The molecule has 0 aliphatic heterocycles. The second-order valence-electron chi connectivity index (χ2n) is 4.39. The van der Waals surface area contributed by atoms with Crippen LogP contribution in [0.25, 0.3) is 0 Å². The number of primary sulfonamides is 1. The van der Waals surface area contributed by atoms with Gasteiger partial charge in [0.1, 0.15) is 5.69 Å². The zero-order valence-corrected chi connectivity index (χ0v) is 12.2. The van der Waals surface area contributed by atoms with Crippen molar-refractivity contribution in [3.63, 3.8) is 0 Å². The minimum absolute atomic E-state index is 0.226. The molecule has 0 spiro atoms. The van der Waals surface area contributed by atoms with Crippen molar-refractivity contribution in [2.45, 2.75) is 4.90 Å². The minimum atomic E-state index is -4.44. The summed E-state index contributed by atoms with van der Waals surface area (Å²) in [7, 11) is -4.44. The summed E-state index contributed by atoms with van der Waals surface area (Å²) in [6.45, 7) is 0. The maximum atomic E-state index is 11.5. The number of nitrogens with two attached hydrogens (primary N) is 1. The lowest BCUT2D eigenvalue weighted by Crippen LogP contribution is -2.15. The Labute approximate surface area is 129 Å². The van der Waals surface area contributed by atoms with Crippen LogP contribution >= 0.6 is 0 Å². The highest BCUT2D eigenvalue weighted by atomic mass is 32.2. The van der Waals surface area contributed by atoms with Crippen LogP contribution in [0.4, 0.5) is 22.7 Å². The van der Waals surface area contributed by atoms with Crippen LogP contribution in [0.2, 0.25) is 0 Å². The number of para-hydroxylation sites is 1. The number of sulfonamides is 1. The van der Waals surface area contributed by atoms with Crippen LogP contribution in [0.1, 0.15) is 0 Å². The summed E-state index contributed by atoms with van der Waals surface area (Å²) in [5.74, 6) is 0. The van der Waals surface area contributed by atoms with E-state index in [-0.39, 0.29) is 5.69 Å². The lowest BCUT2D eigenvalue weighted by Gasteiger charge is -2.09. The fourth-order valence-electron chi connectivity index (χ4n) is 1.86. The molecule has 0 saturated carbocycles. The predicted octanol–water partition coefficient (Wildman–Crippen LogP) is 1.89. The van der Waals surface area contributed by atoms with Crippen LogP contribution < -0.4 is 10.5 Å². The van der Waals surface area contributed by atoms with E-state index in [1.807, 2.05) is 0 Å². The van der Waals surface area contributed by atoms with Crippen molar-refractivity contribution in [2.75, 3.05) is 5.32 Å². The normalized spacial score (nSPS) is 11.0. The molecule has 23 heavy (non-hydrogen) atoms. The second kappa shape index (κ2) is 5.98. The van der Waals surface area contributed by atoms with Crippen LogP contribution in [0, 0.1) is 20.2 Å². The molecule has 0 bridgehead atoms. The molecule has 0 aliphatic carbocycles. The van der Waals surface area contributed by atoms with Gasteiger partial charge >= 0.3 is 0 Å². The van der Waals surface area contributed by atoms with Crippen molar-refractivity contribution in [3.8, 4) is 0 Å². The number of benzene rings is 2. The van der Waals surface area contributed by atoms with Gasteiger partial charge in [-0.1, -0.05) is 18.2 Å². The van der Waals surface area contributed by atoms with Gasteiger partial charge in [0.25, 0.3) is 11.4 Å². The maximum Gasteiger partial charge on any atom is 0.299 e. The van der Waals surface area contributed by atoms with Gasteiger partial charge in [0.05, 0.1) is 15.9 Å². The van der Waals surface area contributed by atoms with E-state index < -0.39 is 36.1 Å². The highest BCUT2D eigenvalue weighted by Gasteiger charge is 2.29. The third-order valence-corrected chi connectivity index (χ3v) is 3.77. The van der Waals surface area contributed by atoms with Gasteiger partial charge in [-0.15, -0.1) is 0 Å². The van der Waals surface area contributed by atoms with E-state index in [0.717, 1.165) is 6.07 Å². The van der Waals surface area contributed by atoms with Crippen LogP contribution in [0.15, 0.2) is 47.4 Å². The zero-order valence-electron chi connectivity index (χ0n) is 11.4. The van der Waals surface area contributed by atoms with Gasteiger partial charge in [0.2, 0.25) is 10.0 Å². The van der Waals surface area contributed by atoms with E-state index in [2.05, 4.69) is 5.32 Å². The summed E-state index contributed by atoms with van der Waals surface area (Å²) in [5.41, 5.74) is -1.40. The Morgan fingerprint density at radius 3 is 2.00 bits per heavy atom. The summed E-state index contributed by atoms with van der Waals surface area (Å²) in [4.78, 5) is 19.4. The Kier molecular flexibility index (Phi) is 4.24. The summed E-state index contributed by atoms with van der Waals surface area (Å²) in [5, 5.41) is 29.7. The van der Waals surface area contributed by atoms with Crippen molar-refractivity contribution in [2.24, 2.45) is 5.14 Å². The molecular formula is C12H10N4O6S. The van der Waals surface area contributed by atoms with E-state index >= 15 is 0 Å². The summed E-state index contributed by atoms with van der Waals surface area (Å²) in [6, 6.07) is 9.53. The minimum Gasteiger partial charge on any atom is -0.350 e. The van der Waals surface area contributed by atoms with E-state index in [4.69, 9.17) is 5.14 Å². The lowest BCUT2D eigenvalue weighted by atomic mass is 10.2. The number of nitrogens with zero attached hydrogens (tertiary/aromatic N) is 2. The van der Waals surface area contributed by atoms with E-state index in [9.17, 15) is 28.6 Å². The average molecular weight is 338 g/mol. The molecule has 11 heteroatoms. The quantitative estimate of drug-likeness (QED) is 0.622. The smallest absolute Gasteiger partial charge is 0.299 e. The molecule has 2 aromatic rings. The van der Waals surface area contributed by atoms with Gasteiger partial charge in [-0.2, -0.15) is 0 Å². The molecule has 0 heterocycles. The molecule has 2 aromatic carbocycles. The van der Waals surface area contributed by atoms with Gasteiger partial charge in [-0.3, -0.25) is 20.2 Å². The Hall–Kier alpha value is -3.05. The number of nitro groups is 2. The molecule has 10 nitrogen and oxygen atoms in total. The average Bonchev–Trinajstić information content (AvgIpc) is 2.46. The van der Waals surface area contributed by atoms with Gasteiger partial charge in [0.15, 0.2) is 4.90 Å². The monoisotopic (exact) mass is 338 g/mol. The first kappa shape index (κ1) is 16.3. The number of anilines is 2. The molecule has 2 rings (SSSR count). The molecule has 0 saturated heterocycles. The Morgan fingerprint density at radius 2 is 1.52 bits per heavy atom. The first-order valence-electron chi connectivity index (χ1n) is 6.02. The van der Waals surface area contributed by atoms with Crippen LogP contribution in [0.3, 0.4) is 0 Å². The van der Waals surface area contributed by atoms with Crippen molar-refractivity contribution in [1.82, 2.24) is 0 Å². The van der Waals surface area contributed by atoms with Crippen LogP contribution in [-0.4, -0.2) is 18.3 Å². The predicted molar refractivity (Wildman–Crippen MR) is 80.8 cm³/mol. The first-order valence-corrected chi connectivity index (χ1v) is 7.56. The largest absolute Gasteiger partial charge is 0.350 e. The molecule has 0 aliphatic rings. The molecule has 0 aromatic heterocycles. The third kappa shape index (κ3) is 3.59. The summed E-state index contributed by atoms with van der Waals surface area (Å²) < 4.78 is 23.0. The topological polar surface area (TPSA) is 158 Å². The van der Waals surface area contributed by atoms with Crippen molar-refractivity contribution >= 4 is 32.8 Å². The van der Waals surface area contributed by atoms with E-state index in [1.165, 1.54) is 0 Å². The summed E-state index contributed by atoms with van der Waals surface area (Å²) in [6.07, 6.45) is 0. The third-order valence-electron chi connectivity index (χ3n) is 2.83. The molecule has 0 radical (unpaired) electrons. The first-order chi connectivity index (χ1) is 10.7. The summed E-state index contributed by atoms with van der Waals surface area (Å²) >= 11 is 0. The zero-order chi connectivity index (χ0) is 17.2. The Morgan fingerprint density at radius 1 is 0.957 bits per heavy atom. The van der Waals surface area contributed by atoms with Gasteiger partial charge in [-0.05, 0) is 18.2 Å². The number of nitrogens with one attached hydrogen (secondary N) is 1. The molecule has 3 N–H and O–H groups in total. The number of rotatable bonds is 5. The number of hydrogen-bond acceptors (Lipinski definition) is 7. The van der Waals surface area contributed by atoms with Crippen molar-refractivity contribution in [1.29, 1.82) is 0 Å². The van der Waals surface area contributed by atoms with Crippen LogP contribution in [-0.2, 0) is 10.0 Å². The maximum absolute atomic E-state index is 11.5. The van der Waals surface area contributed by atoms with Gasteiger partial charge in [-0.25, -0.2) is 13.6 Å². The molecule has 0 unspecified atom stereocenters. The second-order valence-corrected chi connectivity index (χ2v) is 5.92. The number of hydrogen-bond donors (Lipinski definition) is 2. The standard InChI is InChI=1S/C12H10N4O6S/c13-23(21,22)12-6-9(14-8-4-2-1-3-5-8)10(15(17)18)7-11(12)16(19)20/h1-7,14H,(H2,13,21,22). The number of nitro benzene ring substituents is 2. The molecular weight excluding hydrogens is 328 g/mol. The van der Waals surface area contributed by atoms with Gasteiger partial charge < -0.3 is 5.32 Å². The Bertz CT molecular complexity index is 882. The fraction of sp³-hybridized carbons (Fsp3) is 0. The highest BCUT2D eigenvalue weighted by Crippen LogP contribution is 2.36. The lowest BCUT2D eigenvalue weighted by molar-refractivity contribution is -0.395. The fourth-order valence-corrected chi connectivity index (χ4v) is 2.56. The molecule has 0 fully saturated rings. The van der Waals surface area contributed by atoms with Gasteiger partial charge in [0, 0.05) is 5.69 Å². The van der Waals surface area contributed by atoms with E-state index in [1.54, 1.807) is 30.3 Å². The molecule has 0 atom stereocenters. The molecule has 120 valence electrons. The van der Waals surface area contributed by atoms with E-state index in [0.29, 0.717) is 11.8 Å². The molecule has 0 amide bonds. The van der Waals surface area contributed by atoms with Crippen molar-refractivity contribution < 1.29 is 18.3 Å². The highest BCUT2D eigenvalue weighted by molar-refractivity contribution is 7.89. The Balaban J connectivity index is 2.69. The SMILES string of the molecule is NS(=O)(=O)c1cc(Nc2ccccc2)c([N+](=O)[O-])cc1[N+](=O)[O-]. The van der Waals surface area contributed by atoms with Crippen molar-refractivity contribution in [3.05, 3.63) is 62.7 Å². The van der Waals surface area contributed by atoms with Crippen LogP contribution in [0.5, 0.6) is 0 Å².